The summed E-state index contributed by atoms with van der Waals surface area (Å²) in [7, 11) is 0. The van der Waals surface area contributed by atoms with E-state index < -0.39 is 0 Å². The molecule has 0 amide bonds. The number of nitriles is 1. The Morgan fingerprint density at radius 3 is 2.72 bits per heavy atom. The van der Waals surface area contributed by atoms with Crippen LogP contribution >= 0.6 is 0 Å². The number of rotatable bonds is 7. The van der Waals surface area contributed by atoms with Crippen molar-refractivity contribution in [1.29, 1.82) is 5.26 Å². The molecule has 0 saturated heterocycles. The maximum atomic E-state index is 8.96. The third-order valence-corrected chi connectivity index (χ3v) is 2.66. The third-order valence-electron chi connectivity index (χ3n) is 2.66. The van der Waals surface area contributed by atoms with Crippen LogP contribution in [-0.4, -0.2) is 5.71 Å². The van der Waals surface area contributed by atoms with Crippen LogP contribution in [0.4, 0.5) is 0 Å². The molecule has 0 fully saturated rings. The SMILES string of the molecule is CCCC(C#N)CC(C)=NOCc1ccccc1. The molecule has 0 aliphatic heterocycles. The van der Waals surface area contributed by atoms with Gasteiger partial charge < -0.3 is 4.84 Å². The zero-order valence-corrected chi connectivity index (χ0v) is 11.1. The van der Waals surface area contributed by atoms with Crippen LogP contribution in [0.1, 0.15) is 38.7 Å². The molecule has 0 saturated carbocycles. The summed E-state index contributed by atoms with van der Waals surface area (Å²) in [4.78, 5) is 5.28. The van der Waals surface area contributed by atoms with Gasteiger partial charge in [-0.15, -0.1) is 0 Å². The highest BCUT2D eigenvalue weighted by atomic mass is 16.6. The summed E-state index contributed by atoms with van der Waals surface area (Å²) in [6, 6.07) is 12.2. The fourth-order valence-corrected chi connectivity index (χ4v) is 1.75. The van der Waals surface area contributed by atoms with Gasteiger partial charge in [-0.1, -0.05) is 48.8 Å². The van der Waals surface area contributed by atoms with Crippen molar-refractivity contribution >= 4 is 5.71 Å². The van der Waals surface area contributed by atoms with Gasteiger partial charge in [-0.3, -0.25) is 0 Å². The van der Waals surface area contributed by atoms with E-state index in [2.05, 4.69) is 18.1 Å². The van der Waals surface area contributed by atoms with Crippen molar-refractivity contribution in [2.75, 3.05) is 0 Å². The van der Waals surface area contributed by atoms with Crippen molar-refractivity contribution in [1.82, 2.24) is 0 Å². The Kier molecular flexibility index (Phi) is 6.56. The Morgan fingerprint density at radius 2 is 2.11 bits per heavy atom. The van der Waals surface area contributed by atoms with Crippen molar-refractivity contribution in [3.8, 4) is 6.07 Å². The molecule has 0 heterocycles. The molecule has 0 aliphatic rings. The molecule has 0 N–H and O–H groups in total. The second-order valence-corrected chi connectivity index (χ2v) is 4.40. The topological polar surface area (TPSA) is 45.4 Å². The lowest BCUT2D eigenvalue weighted by molar-refractivity contribution is 0.129. The molecule has 1 atom stereocenters. The first-order chi connectivity index (χ1) is 8.76. The van der Waals surface area contributed by atoms with Crippen molar-refractivity contribution in [2.45, 2.75) is 39.7 Å². The Hall–Kier alpha value is -1.82. The first kappa shape index (κ1) is 14.2. The summed E-state index contributed by atoms with van der Waals surface area (Å²) in [6.07, 6.45) is 2.64. The van der Waals surface area contributed by atoms with Crippen molar-refractivity contribution in [2.24, 2.45) is 11.1 Å². The summed E-state index contributed by atoms with van der Waals surface area (Å²) >= 11 is 0. The smallest absolute Gasteiger partial charge is 0.142 e. The van der Waals surface area contributed by atoms with Crippen LogP contribution in [0.2, 0.25) is 0 Å². The second-order valence-electron chi connectivity index (χ2n) is 4.40. The lowest BCUT2D eigenvalue weighted by Crippen LogP contribution is -2.04. The van der Waals surface area contributed by atoms with Crippen molar-refractivity contribution in [3.63, 3.8) is 0 Å². The summed E-state index contributed by atoms with van der Waals surface area (Å²) in [5.41, 5.74) is 1.98. The van der Waals surface area contributed by atoms with Crippen LogP contribution in [0.15, 0.2) is 35.5 Å². The molecule has 0 radical (unpaired) electrons. The van der Waals surface area contributed by atoms with Crippen LogP contribution in [0.25, 0.3) is 0 Å². The van der Waals surface area contributed by atoms with Gasteiger partial charge >= 0.3 is 0 Å². The van der Waals surface area contributed by atoms with Gasteiger partial charge in [0.25, 0.3) is 0 Å². The Balaban J connectivity index is 2.36. The van der Waals surface area contributed by atoms with Gasteiger partial charge in [-0.2, -0.15) is 5.26 Å². The van der Waals surface area contributed by atoms with Gasteiger partial charge in [0.1, 0.15) is 6.61 Å². The third kappa shape index (κ3) is 5.49. The summed E-state index contributed by atoms with van der Waals surface area (Å²) in [5, 5.41) is 13.0. The van der Waals surface area contributed by atoms with Gasteiger partial charge in [-0.25, -0.2) is 0 Å². The molecule has 0 aromatic heterocycles. The average molecular weight is 244 g/mol. The van der Waals surface area contributed by atoms with E-state index in [0.29, 0.717) is 13.0 Å². The first-order valence-electron chi connectivity index (χ1n) is 6.35. The van der Waals surface area contributed by atoms with E-state index in [1.807, 2.05) is 37.3 Å². The molecule has 0 spiro atoms. The molecule has 18 heavy (non-hydrogen) atoms. The summed E-state index contributed by atoms with van der Waals surface area (Å²) in [5.74, 6) is 0.0547. The van der Waals surface area contributed by atoms with Crippen LogP contribution in [0.3, 0.4) is 0 Å². The minimum Gasteiger partial charge on any atom is -0.391 e. The number of benzene rings is 1. The molecule has 96 valence electrons. The van der Waals surface area contributed by atoms with E-state index >= 15 is 0 Å². The van der Waals surface area contributed by atoms with E-state index in [4.69, 9.17) is 10.1 Å². The molecule has 1 aromatic carbocycles. The second kappa shape index (κ2) is 8.30. The molecular formula is C15H20N2O. The molecule has 3 nitrogen and oxygen atoms in total. The Labute approximate surface area is 109 Å². The zero-order chi connectivity index (χ0) is 13.2. The van der Waals surface area contributed by atoms with Crippen molar-refractivity contribution in [3.05, 3.63) is 35.9 Å². The van der Waals surface area contributed by atoms with E-state index in [1.54, 1.807) is 0 Å². The molecule has 1 unspecified atom stereocenters. The number of oxime groups is 1. The molecule has 1 aromatic rings. The monoisotopic (exact) mass is 244 g/mol. The molecule has 0 bridgehead atoms. The van der Waals surface area contributed by atoms with Gasteiger partial charge in [-0.05, 0) is 18.9 Å². The lowest BCUT2D eigenvalue weighted by Gasteiger charge is -2.06. The Bertz CT molecular complexity index is 406. The number of hydrogen-bond acceptors (Lipinski definition) is 3. The largest absolute Gasteiger partial charge is 0.391 e. The molecule has 3 heteroatoms. The highest BCUT2D eigenvalue weighted by molar-refractivity contribution is 5.81. The maximum Gasteiger partial charge on any atom is 0.142 e. The van der Waals surface area contributed by atoms with E-state index in [0.717, 1.165) is 24.1 Å². The fourth-order valence-electron chi connectivity index (χ4n) is 1.75. The predicted molar refractivity (Wildman–Crippen MR) is 73.0 cm³/mol. The van der Waals surface area contributed by atoms with Gasteiger partial charge in [0, 0.05) is 6.42 Å². The quantitative estimate of drug-likeness (QED) is 0.539. The first-order valence-corrected chi connectivity index (χ1v) is 6.35. The molecule has 1 rings (SSSR count). The van der Waals surface area contributed by atoms with E-state index in [9.17, 15) is 0 Å². The van der Waals surface area contributed by atoms with Crippen LogP contribution in [0.5, 0.6) is 0 Å². The number of hydrogen-bond donors (Lipinski definition) is 0. The maximum absolute atomic E-state index is 8.96. The minimum absolute atomic E-state index is 0.0547. The summed E-state index contributed by atoms with van der Waals surface area (Å²) in [6.45, 7) is 4.47. The van der Waals surface area contributed by atoms with Crippen LogP contribution in [-0.2, 0) is 11.4 Å². The fraction of sp³-hybridized carbons (Fsp3) is 0.467. The van der Waals surface area contributed by atoms with Crippen molar-refractivity contribution < 1.29 is 4.84 Å². The summed E-state index contributed by atoms with van der Waals surface area (Å²) < 4.78 is 0. The lowest BCUT2D eigenvalue weighted by atomic mass is 9.99. The van der Waals surface area contributed by atoms with E-state index in [-0.39, 0.29) is 5.92 Å². The molecular weight excluding hydrogens is 224 g/mol. The van der Waals surface area contributed by atoms with Gasteiger partial charge in [0.05, 0.1) is 17.7 Å². The van der Waals surface area contributed by atoms with E-state index in [1.165, 1.54) is 0 Å². The van der Waals surface area contributed by atoms with Gasteiger partial charge in [0.2, 0.25) is 0 Å². The average Bonchev–Trinajstić information content (AvgIpc) is 2.39. The zero-order valence-electron chi connectivity index (χ0n) is 11.1. The minimum atomic E-state index is 0.0547. The predicted octanol–water partition coefficient (Wildman–Crippen LogP) is 3.91. The normalized spacial score (nSPS) is 12.8. The van der Waals surface area contributed by atoms with Crippen LogP contribution in [0, 0.1) is 17.2 Å². The highest BCUT2D eigenvalue weighted by Gasteiger charge is 2.07. The standard InChI is InChI=1S/C15H20N2O/c1-3-7-15(11-16)10-13(2)17-18-12-14-8-5-4-6-9-14/h4-6,8-9,15H,3,7,10,12H2,1-2H3. The molecule has 0 aliphatic carbocycles. The van der Waals surface area contributed by atoms with Crippen LogP contribution < -0.4 is 0 Å². The van der Waals surface area contributed by atoms with Gasteiger partial charge in [0.15, 0.2) is 0 Å². The highest BCUT2D eigenvalue weighted by Crippen LogP contribution is 2.11. The Morgan fingerprint density at radius 1 is 1.39 bits per heavy atom. The number of nitrogens with zero attached hydrogens (tertiary/aromatic N) is 2.